The minimum absolute atomic E-state index is 0.00841. The van der Waals surface area contributed by atoms with Gasteiger partial charge in [-0.3, -0.25) is 14.4 Å². The molecule has 0 saturated carbocycles. The summed E-state index contributed by atoms with van der Waals surface area (Å²) in [7, 11) is 0. The van der Waals surface area contributed by atoms with Gasteiger partial charge in [0.1, 0.15) is 0 Å². The second-order valence-electron chi connectivity index (χ2n) is 5.18. The standard InChI is InChI=1S/C14H22N4O4/c19-13(3-7-18-6-2-12(16-18)14(20)21)15-4-1-5-17-8-10-22-11-9-17/h2,6H,1,3-5,7-11H2,(H,15,19)(H,20,21). The van der Waals surface area contributed by atoms with Gasteiger partial charge in [-0.25, -0.2) is 4.79 Å². The van der Waals surface area contributed by atoms with E-state index in [1.807, 2.05) is 0 Å². The van der Waals surface area contributed by atoms with Gasteiger partial charge in [-0.1, -0.05) is 0 Å². The number of nitrogens with one attached hydrogen (secondary N) is 1. The van der Waals surface area contributed by atoms with Crippen molar-refractivity contribution < 1.29 is 19.4 Å². The molecule has 1 aliphatic rings. The molecular formula is C14H22N4O4. The zero-order valence-electron chi connectivity index (χ0n) is 12.5. The van der Waals surface area contributed by atoms with E-state index in [-0.39, 0.29) is 18.0 Å². The molecule has 2 heterocycles. The number of carboxylic acids is 1. The second-order valence-corrected chi connectivity index (χ2v) is 5.18. The molecule has 1 saturated heterocycles. The molecule has 0 aliphatic carbocycles. The Kier molecular flexibility index (Phi) is 6.35. The average Bonchev–Trinajstić information content (AvgIpc) is 3.00. The van der Waals surface area contributed by atoms with Gasteiger partial charge in [0.05, 0.1) is 13.2 Å². The topological polar surface area (TPSA) is 96.7 Å². The van der Waals surface area contributed by atoms with Gasteiger partial charge in [-0.2, -0.15) is 5.10 Å². The minimum Gasteiger partial charge on any atom is -0.476 e. The molecule has 0 aromatic carbocycles. The van der Waals surface area contributed by atoms with Crippen molar-refractivity contribution in [3.63, 3.8) is 0 Å². The number of amides is 1. The van der Waals surface area contributed by atoms with Crippen molar-refractivity contribution in [2.45, 2.75) is 19.4 Å². The maximum atomic E-state index is 11.7. The van der Waals surface area contributed by atoms with E-state index in [4.69, 9.17) is 9.84 Å². The van der Waals surface area contributed by atoms with Gasteiger partial charge < -0.3 is 15.2 Å². The van der Waals surface area contributed by atoms with E-state index < -0.39 is 5.97 Å². The molecule has 22 heavy (non-hydrogen) atoms. The lowest BCUT2D eigenvalue weighted by atomic mass is 10.3. The third-order valence-electron chi connectivity index (χ3n) is 3.50. The van der Waals surface area contributed by atoms with Crippen molar-refractivity contribution in [3.05, 3.63) is 18.0 Å². The lowest BCUT2D eigenvalue weighted by molar-refractivity contribution is -0.121. The number of carbonyl (C=O) groups excluding carboxylic acids is 1. The van der Waals surface area contributed by atoms with Gasteiger partial charge in [-0.05, 0) is 19.0 Å². The molecule has 0 spiro atoms. The number of hydrogen-bond acceptors (Lipinski definition) is 5. The number of rotatable bonds is 8. The smallest absolute Gasteiger partial charge is 0.356 e. The fraction of sp³-hybridized carbons (Fsp3) is 0.643. The predicted molar refractivity (Wildman–Crippen MR) is 78.7 cm³/mol. The highest BCUT2D eigenvalue weighted by molar-refractivity contribution is 5.85. The molecule has 1 aromatic rings. The van der Waals surface area contributed by atoms with Crippen LogP contribution in [0.4, 0.5) is 0 Å². The van der Waals surface area contributed by atoms with Crippen LogP contribution in [0.5, 0.6) is 0 Å². The first kappa shape index (κ1) is 16.4. The SMILES string of the molecule is O=C(CCn1ccc(C(=O)O)n1)NCCCN1CCOCC1. The van der Waals surface area contributed by atoms with E-state index in [1.165, 1.54) is 10.7 Å². The summed E-state index contributed by atoms with van der Waals surface area (Å²) in [4.78, 5) is 24.7. The Morgan fingerprint density at radius 2 is 2.09 bits per heavy atom. The number of aromatic carboxylic acids is 1. The summed E-state index contributed by atoms with van der Waals surface area (Å²) >= 11 is 0. The highest BCUT2D eigenvalue weighted by Gasteiger charge is 2.10. The number of aromatic nitrogens is 2. The third-order valence-corrected chi connectivity index (χ3v) is 3.50. The Balaban J connectivity index is 1.56. The molecule has 8 heteroatoms. The maximum Gasteiger partial charge on any atom is 0.356 e. The van der Waals surface area contributed by atoms with E-state index in [0.29, 0.717) is 13.1 Å². The Hall–Kier alpha value is -1.93. The fourth-order valence-corrected chi connectivity index (χ4v) is 2.26. The van der Waals surface area contributed by atoms with Crippen molar-refractivity contribution in [1.29, 1.82) is 0 Å². The van der Waals surface area contributed by atoms with Crippen LogP contribution in [0.15, 0.2) is 12.3 Å². The maximum absolute atomic E-state index is 11.7. The normalized spacial score (nSPS) is 15.6. The summed E-state index contributed by atoms with van der Waals surface area (Å²) in [6, 6.07) is 1.42. The number of nitrogens with zero attached hydrogens (tertiary/aromatic N) is 3. The Bertz CT molecular complexity index is 497. The van der Waals surface area contributed by atoms with Gasteiger partial charge in [0, 0.05) is 38.8 Å². The Morgan fingerprint density at radius 1 is 1.32 bits per heavy atom. The van der Waals surface area contributed by atoms with Crippen molar-refractivity contribution in [1.82, 2.24) is 20.0 Å². The average molecular weight is 310 g/mol. The van der Waals surface area contributed by atoms with Crippen LogP contribution in [0.2, 0.25) is 0 Å². The number of ether oxygens (including phenoxy) is 1. The first-order chi connectivity index (χ1) is 10.6. The molecular weight excluding hydrogens is 288 g/mol. The summed E-state index contributed by atoms with van der Waals surface area (Å²) in [5.74, 6) is -1.11. The largest absolute Gasteiger partial charge is 0.476 e. The van der Waals surface area contributed by atoms with E-state index in [0.717, 1.165) is 39.3 Å². The number of carbonyl (C=O) groups is 2. The Labute approximate surface area is 129 Å². The molecule has 122 valence electrons. The van der Waals surface area contributed by atoms with Gasteiger partial charge in [0.15, 0.2) is 5.69 Å². The molecule has 2 rings (SSSR count). The van der Waals surface area contributed by atoms with Crippen LogP contribution in [0.1, 0.15) is 23.3 Å². The van der Waals surface area contributed by atoms with Crippen LogP contribution in [0.3, 0.4) is 0 Å². The molecule has 0 unspecified atom stereocenters. The summed E-state index contributed by atoms with van der Waals surface area (Å²) in [5.41, 5.74) is -0.00841. The molecule has 1 aromatic heterocycles. The van der Waals surface area contributed by atoms with Gasteiger partial charge in [0.2, 0.25) is 5.91 Å². The van der Waals surface area contributed by atoms with Crippen molar-refractivity contribution in [3.8, 4) is 0 Å². The van der Waals surface area contributed by atoms with Gasteiger partial charge >= 0.3 is 5.97 Å². The molecule has 0 radical (unpaired) electrons. The van der Waals surface area contributed by atoms with E-state index in [2.05, 4.69) is 15.3 Å². The van der Waals surface area contributed by atoms with E-state index >= 15 is 0 Å². The van der Waals surface area contributed by atoms with Crippen LogP contribution < -0.4 is 5.32 Å². The monoisotopic (exact) mass is 310 g/mol. The molecule has 0 bridgehead atoms. The van der Waals surface area contributed by atoms with Crippen LogP contribution >= 0.6 is 0 Å². The number of hydrogen-bond donors (Lipinski definition) is 2. The van der Waals surface area contributed by atoms with Crippen molar-refractivity contribution in [2.24, 2.45) is 0 Å². The summed E-state index contributed by atoms with van der Waals surface area (Å²) < 4.78 is 6.75. The second kappa shape index (κ2) is 8.50. The van der Waals surface area contributed by atoms with Crippen molar-refractivity contribution >= 4 is 11.9 Å². The summed E-state index contributed by atoms with van der Waals surface area (Å²) in [5, 5.41) is 15.5. The molecule has 8 nitrogen and oxygen atoms in total. The quantitative estimate of drug-likeness (QED) is 0.646. The molecule has 0 atom stereocenters. The third kappa shape index (κ3) is 5.45. The van der Waals surface area contributed by atoms with Crippen LogP contribution in [-0.2, 0) is 16.1 Å². The van der Waals surface area contributed by atoms with Gasteiger partial charge in [-0.15, -0.1) is 0 Å². The van der Waals surface area contributed by atoms with E-state index in [1.54, 1.807) is 6.20 Å². The number of carboxylic acid groups (broad SMARTS) is 1. The predicted octanol–water partition coefficient (Wildman–Crippen LogP) is -0.190. The number of aryl methyl sites for hydroxylation is 1. The molecule has 2 N–H and O–H groups in total. The van der Waals surface area contributed by atoms with Crippen LogP contribution in [0, 0.1) is 0 Å². The van der Waals surface area contributed by atoms with Crippen LogP contribution in [0.25, 0.3) is 0 Å². The minimum atomic E-state index is -1.06. The highest BCUT2D eigenvalue weighted by Crippen LogP contribution is 1.98. The zero-order chi connectivity index (χ0) is 15.8. The first-order valence-corrected chi connectivity index (χ1v) is 7.49. The fourth-order valence-electron chi connectivity index (χ4n) is 2.26. The molecule has 1 amide bonds. The van der Waals surface area contributed by atoms with Gasteiger partial charge in [0.25, 0.3) is 0 Å². The Morgan fingerprint density at radius 3 is 2.77 bits per heavy atom. The van der Waals surface area contributed by atoms with Crippen LogP contribution in [-0.4, -0.2) is 71.1 Å². The highest BCUT2D eigenvalue weighted by atomic mass is 16.5. The summed E-state index contributed by atoms with van der Waals surface area (Å²) in [6.07, 6.45) is 2.77. The first-order valence-electron chi connectivity index (χ1n) is 7.49. The lowest BCUT2D eigenvalue weighted by Crippen LogP contribution is -2.38. The summed E-state index contributed by atoms with van der Waals surface area (Å²) in [6.45, 7) is 5.48. The number of morpholine rings is 1. The lowest BCUT2D eigenvalue weighted by Gasteiger charge is -2.26. The van der Waals surface area contributed by atoms with E-state index in [9.17, 15) is 9.59 Å². The molecule has 1 aliphatic heterocycles. The van der Waals surface area contributed by atoms with Crippen molar-refractivity contribution in [2.75, 3.05) is 39.4 Å². The zero-order valence-corrected chi connectivity index (χ0v) is 12.5. The molecule has 1 fully saturated rings.